The zero-order valence-corrected chi connectivity index (χ0v) is 9.12. The summed E-state index contributed by atoms with van der Waals surface area (Å²) in [5.74, 6) is 0.333. The van der Waals surface area contributed by atoms with Crippen LogP contribution in [0.2, 0.25) is 0 Å². The molecule has 0 aliphatic rings. The predicted molar refractivity (Wildman–Crippen MR) is 63.1 cm³/mol. The number of nitrogens with zero attached hydrogens (tertiary/aromatic N) is 3. The third-order valence-electron chi connectivity index (χ3n) is 2.16. The van der Waals surface area contributed by atoms with Gasteiger partial charge in [0.1, 0.15) is 5.69 Å². The second kappa shape index (κ2) is 4.56. The summed E-state index contributed by atoms with van der Waals surface area (Å²) in [6, 6.07) is 6.61. The number of aryl methyl sites for hydroxylation is 1. The first-order chi connectivity index (χ1) is 8.16. The van der Waals surface area contributed by atoms with Gasteiger partial charge in [0.15, 0.2) is 0 Å². The molecule has 0 saturated carbocycles. The standard InChI is InChI=1S/C11H10N4O2/c1-8-3-4-9(10(7-8)15(16)17)14-11-12-5-2-6-13-11/h2-7H,1H3,(H,12,13,14). The van der Waals surface area contributed by atoms with E-state index in [4.69, 9.17) is 0 Å². The van der Waals surface area contributed by atoms with Gasteiger partial charge in [-0.3, -0.25) is 10.1 Å². The molecule has 17 heavy (non-hydrogen) atoms. The molecule has 0 radical (unpaired) electrons. The average Bonchev–Trinajstić information content (AvgIpc) is 2.32. The number of rotatable bonds is 3. The highest BCUT2D eigenvalue weighted by atomic mass is 16.6. The van der Waals surface area contributed by atoms with E-state index in [1.54, 1.807) is 37.5 Å². The maximum Gasteiger partial charge on any atom is 0.293 e. The van der Waals surface area contributed by atoms with Gasteiger partial charge in [-0.15, -0.1) is 0 Å². The summed E-state index contributed by atoms with van der Waals surface area (Å²) < 4.78 is 0. The molecule has 86 valence electrons. The fourth-order valence-corrected chi connectivity index (χ4v) is 1.38. The molecule has 1 aromatic carbocycles. The fraction of sp³-hybridized carbons (Fsp3) is 0.0909. The van der Waals surface area contributed by atoms with Gasteiger partial charge < -0.3 is 5.32 Å². The number of benzene rings is 1. The molecule has 0 amide bonds. The van der Waals surface area contributed by atoms with E-state index in [9.17, 15) is 10.1 Å². The Balaban J connectivity index is 2.36. The highest BCUT2D eigenvalue weighted by molar-refractivity contribution is 5.67. The lowest BCUT2D eigenvalue weighted by molar-refractivity contribution is -0.384. The molecule has 1 aromatic heterocycles. The van der Waals surface area contributed by atoms with Crippen molar-refractivity contribution < 1.29 is 4.92 Å². The molecule has 0 unspecified atom stereocenters. The van der Waals surface area contributed by atoms with Gasteiger partial charge in [-0.2, -0.15) is 0 Å². The van der Waals surface area contributed by atoms with Gasteiger partial charge in [0, 0.05) is 18.5 Å². The maximum atomic E-state index is 10.9. The lowest BCUT2D eigenvalue weighted by atomic mass is 10.2. The largest absolute Gasteiger partial charge is 0.318 e. The van der Waals surface area contributed by atoms with Gasteiger partial charge in [-0.05, 0) is 24.6 Å². The normalized spacial score (nSPS) is 9.94. The molecule has 2 rings (SSSR count). The van der Waals surface area contributed by atoms with Crippen LogP contribution in [0, 0.1) is 17.0 Å². The second-order valence-electron chi connectivity index (χ2n) is 3.48. The van der Waals surface area contributed by atoms with Crippen LogP contribution in [0.15, 0.2) is 36.7 Å². The number of aromatic nitrogens is 2. The van der Waals surface area contributed by atoms with Crippen molar-refractivity contribution in [2.75, 3.05) is 5.32 Å². The summed E-state index contributed by atoms with van der Waals surface area (Å²) in [7, 11) is 0. The smallest absolute Gasteiger partial charge is 0.293 e. The average molecular weight is 230 g/mol. The Morgan fingerprint density at radius 1 is 1.29 bits per heavy atom. The maximum absolute atomic E-state index is 10.9. The van der Waals surface area contributed by atoms with E-state index in [0.29, 0.717) is 11.6 Å². The van der Waals surface area contributed by atoms with Crippen molar-refractivity contribution in [3.05, 3.63) is 52.3 Å². The zero-order valence-electron chi connectivity index (χ0n) is 9.12. The number of hydrogen-bond donors (Lipinski definition) is 1. The van der Waals surface area contributed by atoms with Crippen molar-refractivity contribution >= 4 is 17.3 Å². The summed E-state index contributed by atoms with van der Waals surface area (Å²) in [5.41, 5.74) is 1.22. The lowest BCUT2D eigenvalue weighted by Gasteiger charge is -2.05. The summed E-state index contributed by atoms with van der Waals surface area (Å²) in [4.78, 5) is 18.4. The van der Waals surface area contributed by atoms with Gasteiger partial charge in [0.2, 0.25) is 5.95 Å². The molecule has 0 aliphatic carbocycles. The first-order valence-electron chi connectivity index (χ1n) is 4.96. The van der Waals surface area contributed by atoms with Crippen LogP contribution in [-0.4, -0.2) is 14.9 Å². The molecule has 0 bridgehead atoms. The van der Waals surface area contributed by atoms with Gasteiger partial charge in [0.25, 0.3) is 5.69 Å². The fourth-order valence-electron chi connectivity index (χ4n) is 1.38. The minimum atomic E-state index is -0.432. The Morgan fingerprint density at radius 3 is 2.65 bits per heavy atom. The van der Waals surface area contributed by atoms with Gasteiger partial charge in [-0.1, -0.05) is 6.07 Å². The molecule has 1 heterocycles. The third kappa shape index (κ3) is 2.54. The van der Waals surface area contributed by atoms with Crippen LogP contribution < -0.4 is 5.32 Å². The van der Waals surface area contributed by atoms with Crippen LogP contribution in [0.5, 0.6) is 0 Å². The number of nitrogens with one attached hydrogen (secondary N) is 1. The molecule has 0 saturated heterocycles. The van der Waals surface area contributed by atoms with Crippen LogP contribution in [0.1, 0.15) is 5.56 Å². The molecular formula is C11H10N4O2. The molecule has 1 N–H and O–H groups in total. The first kappa shape index (κ1) is 11.0. The molecule has 6 nitrogen and oxygen atoms in total. The monoisotopic (exact) mass is 230 g/mol. The van der Waals surface area contributed by atoms with Crippen LogP contribution in [-0.2, 0) is 0 Å². The second-order valence-corrected chi connectivity index (χ2v) is 3.48. The first-order valence-corrected chi connectivity index (χ1v) is 4.96. The topological polar surface area (TPSA) is 81.0 Å². The highest BCUT2D eigenvalue weighted by Gasteiger charge is 2.14. The Bertz CT molecular complexity index is 542. The van der Waals surface area contributed by atoms with E-state index >= 15 is 0 Å². The van der Waals surface area contributed by atoms with Gasteiger partial charge in [0.05, 0.1) is 4.92 Å². The molecule has 2 aromatic rings. The van der Waals surface area contributed by atoms with E-state index in [1.807, 2.05) is 0 Å². The van der Waals surface area contributed by atoms with Gasteiger partial charge >= 0.3 is 0 Å². The molecular weight excluding hydrogens is 220 g/mol. The van der Waals surface area contributed by atoms with Crippen molar-refractivity contribution in [1.82, 2.24) is 9.97 Å². The van der Waals surface area contributed by atoms with Gasteiger partial charge in [-0.25, -0.2) is 9.97 Å². The molecule has 0 spiro atoms. The molecule has 0 aliphatic heterocycles. The Kier molecular flexibility index (Phi) is 2.95. The minimum Gasteiger partial charge on any atom is -0.318 e. The van der Waals surface area contributed by atoms with E-state index in [1.165, 1.54) is 6.07 Å². The summed E-state index contributed by atoms with van der Waals surface area (Å²) in [6.45, 7) is 1.80. The van der Waals surface area contributed by atoms with Crippen molar-refractivity contribution in [2.24, 2.45) is 0 Å². The Labute approximate surface area is 97.5 Å². The Morgan fingerprint density at radius 2 is 2.00 bits per heavy atom. The SMILES string of the molecule is Cc1ccc(Nc2ncccn2)c([N+](=O)[O-])c1. The van der Waals surface area contributed by atoms with E-state index in [2.05, 4.69) is 15.3 Å². The van der Waals surface area contributed by atoms with E-state index in [0.717, 1.165) is 5.56 Å². The molecule has 0 atom stereocenters. The number of hydrogen-bond acceptors (Lipinski definition) is 5. The van der Waals surface area contributed by atoms with Crippen molar-refractivity contribution in [3.8, 4) is 0 Å². The summed E-state index contributed by atoms with van der Waals surface area (Å²) in [5, 5.41) is 13.7. The van der Waals surface area contributed by atoms with E-state index in [-0.39, 0.29) is 5.69 Å². The number of nitro groups is 1. The summed E-state index contributed by atoms with van der Waals surface area (Å²) in [6.07, 6.45) is 3.13. The minimum absolute atomic E-state index is 0.0115. The summed E-state index contributed by atoms with van der Waals surface area (Å²) >= 11 is 0. The van der Waals surface area contributed by atoms with Crippen LogP contribution in [0.4, 0.5) is 17.3 Å². The van der Waals surface area contributed by atoms with E-state index < -0.39 is 4.92 Å². The Hall–Kier alpha value is -2.50. The lowest BCUT2D eigenvalue weighted by Crippen LogP contribution is -2.00. The van der Waals surface area contributed by atoms with Crippen molar-refractivity contribution in [3.63, 3.8) is 0 Å². The van der Waals surface area contributed by atoms with Crippen LogP contribution in [0.25, 0.3) is 0 Å². The van der Waals surface area contributed by atoms with Crippen molar-refractivity contribution in [1.29, 1.82) is 0 Å². The van der Waals surface area contributed by atoms with Crippen LogP contribution >= 0.6 is 0 Å². The highest BCUT2D eigenvalue weighted by Crippen LogP contribution is 2.26. The predicted octanol–water partition coefficient (Wildman–Crippen LogP) is 2.44. The van der Waals surface area contributed by atoms with Crippen LogP contribution in [0.3, 0.4) is 0 Å². The quantitative estimate of drug-likeness (QED) is 0.646. The molecule has 6 heteroatoms. The third-order valence-corrected chi connectivity index (χ3v) is 2.16. The number of anilines is 2. The molecule has 0 fully saturated rings. The zero-order chi connectivity index (χ0) is 12.3. The van der Waals surface area contributed by atoms with Crippen molar-refractivity contribution in [2.45, 2.75) is 6.92 Å². The number of nitro benzene ring substituents is 1.